The summed E-state index contributed by atoms with van der Waals surface area (Å²) in [5.74, 6) is 0. The smallest absolute Gasteiger partial charge is 0.345 e. The molecule has 154 valence electrons. The molecule has 0 unspecified atom stereocenters. The molecule has 7 heteroatoms. The van der Waals surface area contributed by atoms with Crippen LogP contribution in [0, 0.1) is 11.3 Å². The topological polar surface area (TPSA) is 78.9 Å². The van der Waals surface area contributed by atoms with Gasteiger partial charge in [-0.2, -0.15) is 5.26 Å². The highest BCUT2D eigenvalue weighted by atomic mass is 79.9. The summed E-state index contributed by atoms with van der Waals surface area (Å²) in [6.07, 6.45) is 1.64. The zero-order chi connectivity index (χ0) is 22.1. The first-order valence-electron chi connectivity index (χ1n) is 9.66. The molecular formula is C25H14BrN3O2S. The minimum absolute atomic E-state index is 0.359. The van der Waals surface area contributed by atoms with Crippen LogP contribution in [0.2, 0.25) is 0 Å². The maximum Gasteiger partial charge on any atom is 0.345 e. The molecule has 2 aromatic heterocycles. The molecule has 2 heterocycles. The largest absolute Gasteiger partial charge is 0.422 e. The molecule has 3 aromatic carbocycles. The first kappa shape index (κ1) is 20.2. The van der Waals surface area contributed by atoms with E-state index < -0.39 is 5.63 Å². The number of nitrogens with one attached hydrogen (secondary N) is 1. The number of nitrogens with zero attached hydrogens (tertiary/aromatic N) is 2. The Morgan fingerprint density at radius 1 is 1.09 bits per heavy atom. The van der Waals surface area contributed by atoms with Crippen LogP contribution in [0.15, 0.2) is 92.0 Å². The molecule has 0 aliphatic rings. The Labute approximate surface area is 195 Å². The summed E-state index contributed by atoms with van der Waals surface area (Å²) in [7, 11) is 0. The van der Waals surface area contributed by atoms with E-state index in [-0.39, 0.29) is 0 Å². The molecule has 0 saturated heterocycles. The highest BCUT2D eigenvalue weighted by Crippen LogP contribution is 2.28. The van der Waals surface area contributed by atoms with Gasteiger partial charge in [0.05, 0.1) is 11.3 Å². The minimum Gasteiger partial charge on any atom is -0.422 e. The predicted molar refractivity (Wildman–Crippen MR) is 132 cm³/mol. The second-order valence-corrected chi connectivity index (χ2v) is 8.78. The number of anilines is 1. The van der Waals surface area contributed by atoms with Crippen molar-refractivity contribution in [3.8, 4) is 17.3 Å². The number of nitriles is 1. The highest BCUT2D eigenvalue weighted by molar-refractivity contribution is 9.10. The highest BCUT2D eigenvalue weighted by Gasteiger charge is 2.14. The maximum absolute atomic E-state index is 12.5. The molecule has 0 aliphatic carbocycles. The Hall–Kier alpha value is -3.73. The van der Waals surface area contributed by atoms with Gasteiger partial charge in [-0.1, -0.05) is 52.3 Å². The summed E-state index contributed by atoms with van der Waals surface area (Å²) < 4.78 is 6.33. The van der Waals surface area contributed by atoms with Gasteiger partial charge in [0, 0.05) is 32.5 Å². The lowest BCUT2D eigenvalue weighted by atomic mass is 10.1. The minimum atomic E-state index is -0.465. The van der Waals surface area contributed by atoms with Gasteiger partial charge in [0.15, 0.2) is 0 Å². The molecule has 0 bridgehead atoms. The molecule has 0 saturated carbocycles. The van der Waals surface area contributed by atoms with Crippen molar-refractivity contribution in [3.05, 3.63) is 98.2 Å². The molecule has 5 rings (SSSR count). The van der Waals surface area contributed by atoms with E-state index >= 15 is 0 Å². The van der Waals surface area contributed by atoms with E-state index in [1.807, 2.05) is 54.6 Å². The molecule has 5 aromatic rings. The number of hydrogen-bond donors (Lipinski definition) is 1. The van der Waals surface area contributed by atoms with Crippen molar-refractivity contribution in [1.82, 2.24) is 4.98 Å². The fraction of sp³-hybridized carbons (Fsp3) is 0. The van der Waals surface area contributed by atoms with Crippen LogP contribution in [0.3, 0.4) is 0 Å². The summed E-state index contributed by atoms with van der Waals surface area (Å²) in [6.45, 7) is 0. The molecule has 0 atom stereocenters. The number of allylic oxidation sites excluding steroid dienone is 1. The van der Waals surface area contributed by atoms with Crippen molar-refractivity contribution in [2.75, 3.05) is 5.32 Å². The number of aromatic nitrogens is 1. The zero-order valence-electron chi connectivity index (χ0n) is 16.5. The Bertz CT molecular complexity index is 1610. The van der Waals surface area contributed by atoms with Crippen LogP contribution in [0.25, 0.3) is 38.6 Å². The van der Waals surface area contributed by atoms with E-state index in [9.17, 15) is 10.1 Å². The van der Waals surface area contributed by atoms with Crippen LogP contribution in [-0.2, 0) is 0 Å². The van der Waals surface area contributed by atoms with E-state index in [1.165, 1.54) is 11.3 Å². The molecule has 0 aliphatic heterocycles. The number of benzene rings is 3. The van der Waals surface area contributed by atoms with Crippen LogP contribution in [-0.4, -0.2) is 4.98 Å². The molecule has 0 spiro atoms. The molecule has 0 amide bonds. The average molecular weight is 500 g/mol. The second kappa shape index (κ2) is 8.42. The molecule has 1 N–H and O–H groups in total. The number of thiazole rings is 1. The summed E-state index contributed by atoms with van der Waals surface area (Å²) in [6, 6.07) is 23.4. The van der Waals surface area contributed by atoms with Crippen molar-refractivity contribution < 1.29 is 4.42 Å². The second-order valence-electron chi connectivity index (χ2n) is 7.01. The zero-order valence-corrected chi connectivity index (χ0v) is 18.9. The van der Waals surface area contributed by atoms with E-state index in [4.69, 9.17) is 4.42 Å². The third-order valence-corrected chi connectivity index (χ3v) is 6.36. The van der Waals surface area contributed by atoms with Crippen LogP contribution in [0.5, 0.6) is 0 Å². The monoisotopic (exact) mass is 499 g/mol. The van der Waals surface area contributed by atoms with Gasteiger partial charge >= 0.3 is 5.63 Å². The van der Waals surface area contributed by atoms with Crippen molar-refractivity contribution in [2.24, 2.45) is 0 Å². The number of fused-ring (bicyclic) bond motifs is 2. The Morgan fingerprint density at radius 3 is 2.81 bits per heavy atom. The molecule has 0 radical (unpaired) electrons. The lowest BCUT2D eigenvalue weighted by molar-refractivity contribution is 0.563. The van der Waals surface area contributed by atoms with E-state index in [0.717, 1.165) is 26.3 Å². The fourth-order valence-corrected chi connectivity index (χ4v) is 4.60. The Morgan fingerprint density at radius 2 is 1.94 bits per heavy atom. The van der Waals surface area contributed by atoms with E-state index in [2.05, 4.69) is 32.3 Å². The van der Waals surface area contributed by atoms with E-state index in [0.29, 0.717) is 27.4 Å². The molecule has 0 fully saturated rings. The maximum atomic E-state index is 12.5. The van der Waals surface area contributed by atoms with Gasteiger partial charge in [0.2, 0.25) is 0 Å². The normalized spacial score (nSPS) is 11.6. The van der Waals surface area contributed by atoms with E-state index in [1.54, 1.807) is 23.7 Å². The Kier molecular flexibility index (Phi) is 5.31. The van der Waals surface area contributed by atoms with Gasteiger partial charge in [-0.15, -0.1) is 11.3 Å². The van der Waals surface area contributed by atoms with Gasteiger partial charge in [0.25, 0.3) is 0 Å². The van der Waals surface area contributed by atoms with Gasteiger partial charge in [0.1, 0.15) is 22.2 Å². The van der Waals surface area contributed by atoms with Crippen molar-refractivity contribution in [3.63, 3.8) is 0 Å². The Balaban J connectivity index is 1.49. The molecule has 32 heavy (non-hydrogen) atoms. The predicted octanol–water partition coefficient (Wildman–Crippen LogP) is 6.81. The van der Waals surface area contributed by atoms with Crippen LogP contribution in [0.4, 0.5) is 5.69 Å². The van der Waals surface area contributed by atoms with Gasteiger partial charge in [-0.05, 0) is 35.7 Å². The number of halogens is 1. The number of rotatable bonds is 4. The van der Waals surface area contributed by atoms with Crippen molar-refractivity contribution >= 4 is 60.3 Å². The summed E-state index contributed by atoms with van der Waals surface area (Å²) >= 11 is 4.73. The first-order chi connectivity index (χ1) is 15.6. The van der Waals surface area contributed by atoms with Crippen LogP contribution >= 0.6 is 27.3 Å². The van der Waals surface area contributed by atoms with Gasteiger partial charge in [-0.3, -0.25) is 0 Å². The van der Waals surface area contributed by atoms with Gasteiger partial charge < -0.3 is 9.73 Å². The summed E-state index contributed by atoms with van der Waals surface area (Å²) in [5, 5.41) is 18.2. The SMILES string of the molecule is N#C/C(=C\Nc1cccc2ccccc12)c1nc(-c2cc3cc(Br)ccc3oc2=O)cs1. The fourth-order valence-electron chi connectivity index (χ4n) is 3.44. The van der Waals surface area contributed by atoms with Gasteiger partial charge in [-0.25, -0.2) is 9.78 Å². The van der Waals surface area contributed by atoms with Crippen LogP contribution in [0.1, 0.15) is 5.01 Å². The number of hydrogen-bond acceptors (Lipinski definition) is 6. The summed E-state index contributed by atoms with van der Waals surface area (Å²) in [4.78, 5) is 17.0. The van der Waals surface area contributed by atoms with Crippen molar-refractivity contribution in [1.29, 1.82) is 5.26 Å². The summed E-state index contributed by atoms with van der Waals surface area (Å²) in [5.41, 5.74) is 2.15. The molecular weight excluding hydrogens is 486 g/mol. The lowest BCUT2D eigenvalue weighted by Crippen LogP contribution is -2.03. The third kappa shape index (κ3) is 3.82. The molecule has 5 nitrogen and oxygen atoms in total. The van der Waals surface area contributed by atoms with Crippen molar-refractivity contribution in [2.45, 2.75) is 0 Å². The first-order valence-corrected chi connectivity index (χ1v) is 11.3. The van der Waals surface area contributed by atoms with Crippen LogP contribution < -0.4 is 10.9 Å². The lowest BCUT2D eigenvalue weighted by Gasteiger charge is -2.06. The standard InChI is InChI=1S/C25H14BrN3O2S/c26-18-8-9-23-16(10-18)11-20(25(30)31-23)22-14-32-24(29-22)17(12-27)13-28-21-7-3-5-15-4-1-2-6-19(15)21/h1-11,13-14,28H/b17-13+. The average Bonchev–Trinajstić information content (AvgIpc) is 3.29. The third-order valence-electron chi connectivity index (χ3n) is 4.99. The quantitative estimate of drug-likeness (QED) is 0.217.